The third kappa shape index (κ3) is 4.09. The highest BCUT2D eigenvalue weighted by Gasteiger charge is 2.23. The summed E-state index contributed by atoms with van der Waals surface area (Å²) >= 11 is 0. The van der Waals surface area contributed by atoms with Crippen molar-refractivity contribution in [1.29, 1.82) is 0 Å². The number of carbonyl (C=O) groups is 1. The van der Waals surface area contributed by atoms with Gasteiger partial charge in [0.25, 0.3) is 5.91 Å². The predicted molar refractivity (Wildman–Crippen MR) is 106 cm³/mol. The summed E-state index contributed by atoms with van der Waals surface area (Å²) in [6.45, 7) is 4.06. The van der Waals surface area contributed by atoms with Crippen LogP contribution in [0.1, 0.15) is 59.5 Å². The van der Waals surface area contributed by atoms with Gasteiger partial charge in [-0.3, -0.25) is 9.78 Å². The lowest BCUT2D eigenvalue weighted by atomic mass is 10.0. The number of hydrogen-bond donors (Lipinski definition) is 3. The number of aliphatic hydroxyl groups is 1. The Morgan fingerprint density at radius 1 is 1.32 bits per heavy atom. The summed E-state index contributed by atoms with van der Waals surface area (Å²) in [7, 11) is -3.34. The van der Waals surface area contributed by atoms with Crippen molar-refractivity contribution in [1.82, 2.24) is 15.6 Å². The Hall–Kier alpha value is -2.29. The zero-order chi connectivity index (χ0) is 20.3. The molecule has 1 amide bonds. The van der Waals surface area contributed by atoms with Crippen LogP contribution in [0.15, 0.2) is 41.4 Å². The molecule has 0 fully saturated rings. The van der Waals surface area contributed by atoms with Crippen LogP contribution in [0, 0.1) is 0 Å². The van der Waals surface area contributed by atoms with Gasteiger partial charge >= 0.3 is 0 Å². The van der Waals surface area contributed by atoms with Gasteiger partial charge in [-0.15, -0.1) is 0 Å². The molecular weight excluding hydrogens is 378 g/mol. The molecule has 1 aliphatic heterocycles. The van der Waals surface area contributed by atoms with Gasteiger partial charge in [0.1, 0.15) is 0 Å². The Morgan fingerprint density at radius 3 is 2.71 bits per heavy atom. The number of aliphatic hydroxyl groups excluding tert-OH is 1. The van der Waals surface area contributed by atoms with Crippen molar-refractivity contribution in [2.24, 2.45) is 0 Å². The summed E-state index contributed by atoms with van der Waals surface area (Å²) < 4.78 is 23.8. The van der Waals surface area contributed by atoms with E-state index >= 15 is 0 Å². The zero-order valence-electron chi connectivity index (χ0n) is 16.0. The molecule has 0 aliphatic carbocycles. The van der Waals surface area contributed by atoms with Crippen molar-refractivity contribution < 1.29 is 18.3 Å². The molecule has 28 heavy (non-hydrogen) atoms. The first-order valence-corrected chi connectivity index (χ1v) is 11.0. The maximum atomic E-state index is 12.6. The topological polar surface area (TPSA) is 108 Å². The maximum Gasteiger partial charge on any atom is 0.251 e. The van der Waals surface area contributed by atoms with E-state index in [1.165, 1.54) is 23.9 Å². The van der Waals surface area contributed by atoms with Gasteiger partial charge in [-0.05, 0) is 41.8 Å². The number of fused-ring (bicyclic) bond motifs is 1. The van der Waals surface area contributed by atoms with Gasteiger partial charge in [0.15, 0.2) is 9.84 Å². The number of benzene rings is 1. The lowest BCUT2D eigenvalue weighted by Gasteiger charge is -2.17. The lowest BCUT2D eigenvalue weighted by Crippen LogP contribution is -2.31. The van der Waals surface area contributed by atoms with Crippen LogP contribution in [0.4, 0.5) is 0 Å². The minimum atomic E-state index is -3.34. The minimum absolute atomic E-state index is 0.0136. The molecule has 3 N–H and O–H groups in total. The Kier molecular flexibility index (Phi) is 6.12. The van der Waals surface area contributed by atoms with E-state index in [2.05, 4.69) is 22.5 Å². The molecule has 2 aromatic rings. The molecule has 0 unspecified atom stereocenters. The molecule has 2 heterocycles. The summed E-state index contributed by atoms with van der Waals surface area (Å²) in [5, 5.41) is 15.9. The number of hydrogen-bond acceptors (Lipinski definition) is 6. The minimum Gasteiger partial charge on any atom is -0.394 e. The number of carbonyl (C=O) groups excluding carboxylic acids is 1. The molecule has 7 nitrogen and oxygen atoms in total. The number of sulfone groups is 1. The van der Waals surface area contributed by atoms with Crippen LogP contribution in [0.2, 0.25) is 0 Å². The summed E-state index contributed by atoms with van der Waals surface area (Å²) in [5.74, 6) is -0.325. The van der Waals surface area contributed by atoms with Crippen LogP contribution in [0.3, 0.4) is 0 Å². The van der Waals surface area contributed by atoms with E-state index in [9.17, 15) is 18.3 Å². The van der Waals surface area contributed by atoms with Crippen LogP contribution < -0.4 is 10.6 Å². The van der Waals surface area contributed by atoms with Crippen LogP contribution in [0.25, 0.3) is 0 Å². The average Bonchev–Trinajstić information content (AvgIpc) is 3.14. The smallest absolute Gasteiger partial charge is 0.251 e. The van der Waals surface area contributed by atoms with Crippen LogP contribution in [0.5, 0.6) is 0 Å². The van der Waals surface area contributed by atoms with Crippen molar-refractivity contribution in [3.05, 3.63) is 58.9 Å². The van der Waals surface area contributed by atoms with Crippen LogP contribution >= 0.6 is 0 Å². The highest BCUT2D eigenvalue weighted by Crippen LogP contribution is 2.28. The lowest BCUT2D eigenvalue weighted by molar-refractivity contribution is 0.0914. The van der Waals surface area contributed by atoms with Crippen molar-refractivity contribution >= 4 is 15.7 Å². The quantitative estimate of drug-likeness (QED) is 0.652. The molecule has 0 spiro atoms. The SMILES string of the molecule is CC[C@H]1NCc2cc(C(=O)N[C@@H](CO)c3ccc(S(=O)(=O)CC)cn3)ccc21. The molecule has 0 radical (unpaired) electrons. The van der Waals surface area contributed by atoms with E-state index in [1.54, 1.807) is 13.0 Å². The van der Waals surface area contributed by atoms with E-state index in [1.807, 2.05) is 12.1 Å². The zero-order valence-corrected chi connectivity index (χ0v) is 16.8. The van der Waals surface area contributed by atoms with Gasteiger partial charge < -0.3 is 15.7 Å². The van der Waals surface area contributed by atoms with E-state index < -0.39 is 15.9 Å². The largest absolute Gasteiger partial charge is 0.394 e. The number of amides is 1. The monoisotopic (exact) mass is 403 g/mol. The molecule has 3 rings (SSSR count). The number of aromatic nitrogens is 1. The predicted octanol–water partition coefficient (Wildman–Crippen LogP) is 1.89. The summed E-state index contributed by atoms with van der Waals surface area (Å²) in [6, 6.07) is 8.17. The maximum absolute atomic E-state index is 12.6. The first-order valence-electron chi connectivity index (χ1n) is 9.36. The molecule has 2 atom stereocenters. The van der Waals surface area contributed by atoms with Crippen molar-refractivity contribution in [2.45, 2.75) is 43.8 Å². The molecule has 1 aromatic heterocycles. The summed E-state index contributed by atoms with van der Waals surface area (Å²) in [6.07, 6.45) is 2.25. The van der Waals surface area contributed by atoms with Gasteiger partial charge in [0.2, 0.25) is 0 Å². The van der Waals surface area contributed by atoms with Crippen LogP contribution in [-0.4, -0.2) is 36.8 Å². The third-order valence-corrected chi connectivity index (χ3v) is 6.79. The van der Waals surface area contributed by atoms with Gasteiger partial charge in [0.05, 0.1) is 29.0 Å². The number of nitrogens with one attached hydrogen (secondary N) is 2. The summed E-state index contributed by atoms with van der Waals surface area (Å²) in [4.78, 5) is 16.9. The Balaban J connectivity index is 1.75. The normalized spacial score (nSPS) is 17.2. The molecule has 0 bridgehead atoms. The standard InChI is InChI=1S/C20H25N3O4S/c1-3-17-16-7-5-13(9-14(16)10-21-17)20(25)23-19(12-24)18-8-6-15(11-22-18)28(26,27)4-2/h5-9,11,17,19,21,24H,3-4,10,12H2,1-2H3,(H,23,25)/t17-,19+/m1/s1. The van der Waals surface area contributed by atoms with E-state index in [0.717, 1.165) is 18.5 Å². The highest BCUT2D eigenvalue weighted by atomic mass is 32.2. The van der Waals surface area contributed by atoms with E-state index in [0.29, 0.717) is 17.3 Å². The van der Waals surface area contributed by atoms with Gasteiger partial charge in [-0.2, -0.15) is 0 Å². The van der Waals surface area contributed by atoms with Crippen molar-refractivity contribution in [2.75, 3.05) is 12.4 Å². The summed E-state index contributed by atoms with van der Waals surface area (Å²) in [5.41, 5.74) is 3.24. The molecular formula is C20H25N3O4S. The molecule has 0 saturated heterocycles. The van der Waals surface area contributed by atoms with Crippen molar-refractivity contribution in [3.63, 3.8) is 0 Å². The Labute approximate surface area is 165 Å². The van der Waals surface area contributed by atoms with E-state index in [-0.39, 0.29) is 23.2 Å². The first-order chi connectivity index (χ1) is 13.4. The fourth-order valence-electron chi connectivity index (χ4n) is 3.35. The van der Waals surface area contributed by atoms with Gasteiger partial charge in [0, 0.05) is 24.3 Å². The first kappa shape index (κ1) is 20.4. The molecule has 1 aromatic carbocycles. The molecule has 1 aliphatic rings. The fourth-order valence-corrected chi connectivity index (χ4v) is 4.17. The fraction of sp³-hybridized carbons (Fsp3) is 0.400. The van der Waals surface area contributed by atoms with Crippen LogP contribution in [-0.2, 0) is 16.4 Å². The number of rotatable bonds is 7. The molecule has 0 saturated carbocycles. The second-order valence-corrected chi connectivity index (χ2v) is 9.06. The molecule has 150 valence electrons. The average molecular weight is 404 g/mol. The third-order valence-electron chi connectivity index (χ3n) is 5.07. The van der Waals surface area contributed by atoms with E-state index in [4.69, 9.17) is 0 Å². The number of nitrogens with zero attached hydrogens (tertiary/aromatic N) is 1. The Morgan fingerprint density at radius 2 is 2.11 bits per heavy atom. The number of pyridine rings is 1. The second-order valence-electron chi connectivity index (χ2n) is 6.79. The van der Waals surface area contributed by atoms with Gasteiger partial charge in [-0.25, -0.2) is 8.42 Å². The van der Waals surface area contributed by atoms with Gasteiger partial charge in [-0.1, -0.05) is 19.9 Å². The van der Waals surface area contributed by atoms with Crippen molar-refractivity contribution in [3.8, 4) is 0 Å². The Bertz CT molecular complexity index is 958. The molecule has 8 heteroatoms. The highest BCUT2D eigenvalue weighted by molar-refractivity contribution is 7.91. The second kappa shape index (κ2) is 8.38.